The minimum absolute atomic E-state index is 0.289. The van der Waals surface area contributed by atoms with Gasteiger partial charge in [0.05, 0.1) is 17.5 Å². The predicted octanol–water partition coefficient (Wildman–Crippen LogP) is 3.14. The number of aromatic amines is 1. The topological polar surface area (TPSA) is 60.9 Å². The van der Waals surface area contributed by atoms with Crippen molar-refractivity contribution >= 4 is 0 Å². The standard InChI is InChI=1S/C17H21F2N3O/c18-13-4-5-14(15(19)8-13)16-12(10-21-22-16)9-20-11-17(23)6-2-1-3-7-17/h4-5,8,10,20,23H,1-3,6-7,9,11H2,(H,21,22). The maximum atomic E-state index is 13.9. The van der Waals surface area contributed by atoms with Crippen molar-refractivity contribution in [3.8, 4) is 11.3 Å². The molecule has 1 aromatic carbocycles. The van der Waals surface area contributed by atoms with Crippen molar-refractivity contribution in [2.45, 2.75) is 44.2 Å². The second-order valence-corrected chi connectivity index (χ2v) is 6.28. The SMILES string of the molecule is OC1(CNCc2cn[nH]c2-c2ccc(F)cc2F)CCCCC1. The number of nitrogens with one attached hydrogen (secondary N) is 2. The van der Waals surface area contributed by atoms with Crippen LogP contribution in [-0.2, 0) is 6.54 Å². The number of rotatable bonds is 5. The Balaban J connectivity index is 1.67. The lowest BCUT2D eigenvalue weighted by Crippen LogP contribution is -2.41. The van der Waals surface area contributed by atoms with E-state index in [4.69, 9.17) is 0 Å². The van der Waals surface area contributed by atoms with Gasteiger partial charge in [0.2, 0.25) is 0 Å². The quantitative estimate of drug-likeness (QED) is 0.793. The summed E-state index contributed by atoms with van der Waals surface area (Å²) >= 11 is 0. The van der Waals surface area contributed by atoms with Crippen LogP contribution in [0, 0.1) is 11.6 Å². The summed E-state index contributed by atoms with van der Waals surface area (Å²) in [6.07, 6.45) is 6.52. The van der Waals surface area contributed by atoms with Crippen LogP contribution >= 0.6 is 0 Å². The molecular formula is C17H21F2N3O. The summed E-state index contributed by atoms with van der Waals surface area (Å²) in [6.45, 7) is 0.967. The average molecular weight is 321 g/mol. The minimum Gasteiger partial charge on any atom is -0.389 e. The molecule has 1 saturated carbocycles. The first kappa shape index (κ1) is 16.1. The molecule has 1 aromatic heterocycles. The first-order valence-corrected chi connectivity index (χ1v) is 7.98. The van der Waals surface area contributed by atoms with Gasteiger partial charge in [-0.15, -0.1) is 0 Å². The molecule has 0 saturated heterocycles. The van der Waals surface area contributed by atoms with Gasteiger partial charge in [0.15, 0.2) is 0 Å². The average Bonchev–Trinajstić information content (AvgIpc) is 2.96. The Kier molecular flexibility index (Phi) is 4.73. The number of aliphatic hydroxyl groups is 1. The van der Waals surface area contributed by atoms with E-state index in [1.54, 1.807) is 6.20 Å². The number of hydrogen-bond donors (Lipinski definition) is 3. The summed E-state index contributed by atoms with van der Waals surface area (Å²) in [7, 11) is 0. The van der Waals surface area contributed by atoms with Crippen LogP contribution in [0.15, 0.2) is 24.4 Å². The Hall–Kier alpha value is -1.79. The molecule has 23 heavy (non-hydrogen) atoms. The number of nitrogens with zero attached hydrogens (tertiary/aromatic N) is 1. The molecule has 6 heteroatoms. The molecule has 0 amide bonds. The maximum Gasteiger partial charge on any atom is 0.135 e. The molecule has 0 atom stereocenters. The molecule has 1 heterocycles. The zero-order valence-electron chi connectivity index (χ0n) is 12.9. The van der Waals surface area contributed by atoms with Crippen LogP contribution in [0.1, 0.15) is 37.7 Å². The largest absolute Gasteiger partial charge is 0.389 e. The van der Waals surface area contributed by atoms with Crippen LogP contribution in [0.2, 0.25) is 0 Å². The molecule has 3 N–H and O–H groups in total. The summed E-state index contributed by atoms with van der Waals surface area (Å²) in [4.78, 5) is 0. The van der Waals surface area contributed by atoms with Gasteiger partial charge in [-0.1, -0.05) is 19.3 Å². The third-order valence-corrected chi connectivity index (χ3v) is 4.47. The molecule has 0 radical (unpaired) electrons. The molecule has 0 bridgehead atoms. The van der Waals surface area contributed by atoms with E-state index in [0.29, 0.717) is 18.8 Å². The maximum absolute atomic E-state index is 13.9. The third kappa shape index (κ3) is 3.76. The third-order valence-electron chi connectivity index (χ3n) is 4.47. The molecule has 124 valence electrons. The molecule has 1 fully saturated rings. The van der Waals surface area contributed by atoms with Gasteiger partial charge in [-0.2, -0.15) is 5.10 Å². The van der Waals surface area contributed by atoms with Crippen molar-refractivity contribution in [2.24, 2.45) is 0 Å². The summed E-state index contributed by atoms with van der Waals surface area (Å²) < 4.78 is 27.0. The smallest absolute Gasteiger partial charge is 0.135 e. The summed E-state index contributed by atoms with van der Waals surface area (Å²) in [5, 5.41) is 20.4. The number of hydrogen-bond acceptors (Lipinski definition) is 3. The van der Waals surface area contributed by atoms with Crippen molar-refractivity contribution in [3.63, 3.8) is 0 Å². The van der Waals surface area contributed by atoms with Crippen LogP contribution in [0.5, 0.6) is 0 Å². The molecule has 2 aromatic rings. The molecule has 0 spiro atoms. The van der Waals surface area contributed by atoms with Crippen molar-refractivity contribution in [2.75, 3.05) is 6.54 Å². The lowest BCUT2D eigenvalue weighted by atomic mass is 9.85. The van der Waals surface area contributed by atoms with Gasteiger partial charge in [-0.25, -0.2) is 8.78 Å². The van der Waals surface area contributed by atoms with Crippen LogP contribution in [0.3, 0.4) is 0 Å². The molecule has 4 nitrogen and oxygen atoms in total. The van der Waals surface area contributed by atoms with Crippen molar-refractivity contribution in [3.05, 3.63) is 41.6 Å². The van der Waals surface area contributed by atoms with E-state index in [0.717, 1.165) is 37.3 Å². The summed E-state index contributed by atoms with van der Waals surface area (Å²) in [5.74, 6) is -1.23. The normalized spacial score (nSPS) is 17.3. The van der Waals surface area contributed by atoms with Crippen molar-refractivity contribution in [1.29, 1.82) is 0 Å². The van der Waals surface area contributed by atoms with Crippen LogP contribution in [0.4, 0.5) is 8.78 Å². The molecular weight excluding hydrogens is 300 g/mol. The van der Waals surface area contributed by atoms with Crippen molar-refractivity contribution in [1.82, 2.24) is 15.5 Å². The first-order valence-electron chi connectivity index (χ1n) is 7.98. The highest BCUT2D eigenvalue weighted by atomic mass is 19.1. The van der Waals surface area contributed by atoms with E-state index in [2.05, 4.69) is 15.5 Å². The Labute approximate surface area is 133 Å². The second-order valence-electron chi connectivity index (χ2n) is 6.28. The fourth-order valence-electron chi connectivity index (χ4n) is 3.19. The van der Waals surface area contributed by atoms with Crippen LogP contribution in [0.25, 0.3) is 11.3 Å². The van der Waals surface area contributed by atoms with Gasteiger partial charge in [0, 0.05) is 30.3 Å². The van der Waals surface area contributed by atoms with Gasteiger partial charge in [-0.05, 0) is 25.0 Å². The fraction of sp³-hybridized carbons (Fsp3) is 0.471. The monoisotopic (exact) mass is 321 g/mol. The zero-order valence-corrected chi connectivity index (χ0v) is 12.9. The molecule has 0 aliphatic heterocycles. The second kappa shape index (κ2) is 6.76. The Morgan fingerprint density at radius 3 is 2.74 bits per heavy atom. The Morgan fingerprint density at radius 2 is 2.00 bits per heavy atom. The molecule has 1 aliphatic rings. The van der Waals surface area contributed by atoms with Gasteiger partial charge in [0.25, 0.3) is 0 Å². The predicted molar refractivity (Wildman–Crippen MR) is 83.7 cm³/mol. The lowest BCUT2D eigenvalue weighted by Gasteiger charge is -2.32. The number of benzene rings is 1. The zero-order chi connectivity index (χ0) is 16.3. The van der Waals surface area contributed by atoms with E-state index in [1.807, 2.05) is 0 Å². The first-order chi connectivity index (χ1) is 11.1. The lowest BCUT2D eigenvalue weighted by molar-refractivity contribution is 0.00468. The highest BCUT2D eigenvalue weighted by Crippen LogP contribution is 2.28. The van der Waals surface area contributed by atoms with Crippen LogP contribution in [-0.4, -0.2) is 27.4 Å². The van der Waals surface area contributed by atoms with E-state index in [1.165, 1.54) is 18.6 Å². The van der Waals surface area contributed by atoms with Gasteiger partial charge in [0.1, 0.15) is 11.6 Å². The summed E-state index contributed by atoms with van der Waals surface area (Å²) in [5.41, 5.74) is 0.959. The highest BCUT2D eigenvalue weighted by Gasteiger charge is 2.28. The summed E-state index contributed by atoms with van der Waals surface area (Å²) in [6, 6.07) is 3.48. The minimum atomic E-state index is -0.650. The van der Waals surface area contributed by atoms with Crippen LogP contribution < -0.4 is 5.32 Å². The van der Waals surface area contributed by atoms with E-state index < -0.39 is 17.2 Å². The van der Waals surface area contributed by atoms with E-state index >= 15 is 0 Å². The highest BCUT2D eigenvalue weighted by molar-refractivity contribution is 5.63. The number of aromatic nitrogens is 2. The molecule has 0 unspecified atom stereocenters. The van der Waals surface area contributed by atoms with Gasteiger partial charge < -0.3 is 10.4 Å². The van der Waals surface area contributed by atoms with Gasteiger partial charge in [-0.3, -0.25) is 5.10 Å². The Morgan fingerprint density at radius 1 is 1.22 bits per heavy atom. The van der Waals surface area contributed by atoms with E-state index in [9.17, 15) is 13.9 Å². The molecule has 1 aliphatic carbocycles. The fourth-order valence-corrected chi connectivity index (χ4v) is 3.19. The van der Waals surface area contributed by atoms with E-state index in [-0.39, 0.29) is 5.56 Å². The number of H-pyrrole nitrogens is 1. The van der Waals surface area contributed by atoms with Gasteiger partial charge >= 0.3 is 0 Å². The molecule has 3 rings (SSSR count). The number of halogens is 2. The Bertz CT molecular complexity index is 666. The van der Waals surface area contributed by atoms with Crippen molar-refractivity contribution < 1.29 is 13.9 Å².